The summed E-state index contributed by atoms with van der Waals surface area (Å²) >= 11 is 0. The third-order valence-electron chi connectivity index (χ3n) is 2.33. The number of guanidine groups is 1. The lowest BCUT2D eigenvalue weighted by Crippen LogP contribution is -2.38. The average molecular weight is 302 g/mol. The topological polar surface area (TPSA) is 95.7 Å². The Hall–Kier alpha value is -1.54. The molecule has 0 aliphatic rings. The van der Waals surface area contributed by atoms with Crippen LogP contribution in [0.1, 0.15) is 19.1 Å². The zero-order chi connectivity index (χ0) is 14.8. The van der Waals surface area contributed by atoms with Gasteiger partial charge in [-0.2, -0.15) is 0 Å². The first-order valence-electron chi connectivity index (χ1n) is 6.50. The fourth-order valence-electron chi connectivity index (χ4n) is 1.45. The Morgan fingerprint density at radius 3 is 2.75 bits per heavy atom. The van der Waals surface area contributed by atoms with Gasteiger partial charge in [-0.1, -0.05) is 0 Å². The SMILES string of the molecule is CCNC(=NCc1ccco1)NCCCNS(C)(=O)=O. The number of nitrogens with one attached hydrogen (secondary N) is 3. The highest BCUT2D eigenvalue weighted by atomic mass is 32.2. The van der Waals surface area contributed by atoms with Crippen LogP contribution in [-0.4, -0.2) is 40.3 Å². The molecule has 0 aliphatic heterocycles. The molecule has 0 unspecified atom stereocenters. The quantitative estimate of drug-likeness (QED) is 0.364. The van der Waals surface area contributed by atoms with E-state index in [1.807, 2.05) is 19.1 Å². The van der Waals surface area contributed by atoms with E-state index in [1.54, 1.807) is 6.26 Å². The van der Waals surface area contributed by atoms with Crippen LogP contribution in [0, 0.1) is 0 Å². The van der Waals surface area contributed by atoms with Crippen LogP contribution in [0.5, 0.6) is 0 Å². The van der Waals surface area contributed by atoms with E-state index in [0.717, 1.165) is 18.6 Å². The van der Waals surface area contributed by atoms with Crippen molar-refractivity contribution in [3.8, 4) is 0 Å². The van der Waals surface area contributed by atoms with Gasteiger partial charge in [-0.3, -0.25) is 0 Å². The summed E-state index contributed by atoms with van der Waals surface area (Å²) in [5.74, 6) is 1.48. The molecule has 0 saturated carbocycles. The van der Waals surface area contributed by atoms with Gasteiger partial charge in [0, 0.05) is 19.6 Å². The van der Waals surface area contributed by atoms with Crippen molar-refractivity contribution in [1.29, 1.82) is 0 Å². The van der Waals surface area contributed by atoms with Crippen molar-refractivity contribution in [2.75, 3.05) is 25.9 Å². The number of aliphatic imine (C=N–C) groups is 1. The Kier molecular flexibility index (Phi) is 7.10. The van der Waals surface area contributed by atoms with E-state index >= 15 is 0 Å². The first-order chi connectivity index (χ1) is 9.51. The standard InChI is InChI=1S/C12H22N4O3S/c1-3-13-12(15-10-11-6-4-9-19-11)14-7-5-8-16-20(2,17)18/h4,6,9,16H,3,5,7-8,10H2,1-2H3,(H2,13,14,15). The van der Waals surface area contributed by atoms with Crippen LogP contribution in [0.3, 0.4) is 0 Å². The summed E-state index contributed by atoms with van der Waals surface area (Å²) in [4.78, 5) is 4.36. The van der Waals surface area contributed by atoms with Gasteiger partial charge in [0.2, 0.25) is 10.0 Å². The lowest BCUT2D eigenvalue weighted by molar-refractivity contribution is 0.512. The third-order valence-corrected chi connectivity index (χ3v) is 3.06. The molecule has 0 amide bonds. The van der Waals surface area contributed by atoms with Crippen molar-refractivity contribution >= 4 is 16.0 Å². The molecule has 0 atom stereocenters. The number of sulfonamides is 1. The Bertz CT molecular complexity index is 497. The molecule has 1 aromatic heterocycles. The van der Waals surface area contributed by atoms with Crippen LogP contribution in [0.15, 0.2) is 27.8 Å². The van der Waals surface area contributed by atoms with Gasteiger partial charge in [0.25, 0.3) is 0 Å². The molecule has 0 spiro atoms. The van der Waals surface area contributed by atoms with Crippen LogP contribution in [0.25, 0.3) is 0 Å². The molecule has 0 aromatic carbocycles. The monoisotopic (exact) mass is 302 g/mol. The summed E-state index contributed by atoms with van der Waals surface area (Å²) in [7, 11) is -3.11. The molecular formula is C12H22N4O3S. The van der Waals surface area contributed by atoms with Gasteiger partial charge in [-0.05, 0) is 25.5 Å². The zero-order valence-corrected chi connectivity index (χ0v) is 12.7. The lowest BCUT2D eigenvalue weighted by atomic mass is 10.4. The molecule has 1 heterocycles. The van der Waals surface area contributed by atoms with E-state index in [9.17, 15) is 8.42 Å². The zero-order valence-electron chi connectivity index (χ0n) is 11.8. The van der Waals surface area contributed by atoms with Crippen molar-refractivity contribution in [3.05, 3.63) is 24.2 Å². The Morgan fingerprint density at radius 1 is 1.35 bits per heavy atom. The van der Waals surface area contributed by atoms with E-state index in [4.69, 9.17) is 4.42 Å². The second-order valence-corrected chi connectivity index (χ2v) is 6.05. The molecule has 8 heteroatoms. The molecule has 0 bridgehead atoms. The molecular weight excluding hydrogens is 280 g/mol. The maximum Gasteiger partial charge on any atom is 0.208 e. The van der Waals surface area contributed by atoms with Crippen LogP contribution in [0.4, 0.5) is 0 Å². The van der Waals surface area contributed by atoms with Gasteiger partial charge in [0.1, 0.15) is 12.3 Å². The smallest absolute Gasteiger partial charge is 0.208 e. The molecule has 1 aromatic rings. The number of rotatable bonds is 8. The second kappa shape index (κ2) is 8.60. The summed E-state index contributed by atoms with van der Waals surface area (Å²) in [6, 6.07) is 3.69. The molecule has 114 valence electrons. The number of furan rings is 1. The van der Waals surface area contributed by atoms with Crippen molar-refractivity contribution < 1.29 is 12.8 Å². The first-order valence-corrected chi connectivity index (χ1v) is 8.39. The molecule has 1 rings (SSSR count). The van der Waals surface area contributed by atoms with Gasteiger partial charge in [-0.25, -0.2) is 18.1 Å². The Labute approximate surface area is 119 Å². The van der Waals surface area contributed by atoms with E-state index in [0.29, 0.717) is 32.0 Å². The largest absolute Gasteiger partial charge is 0.467 e. The highest BCUT2D eigenvalue weighted by molar-refractivity contribution is 7.88. The highest BCUT2D eigenvalue weighted by Crippen LogP contribution is 2.00. The molecule has 0 fully saturated rings. The van der Waals surface area contributed by atoms with E-state index in [1.165, 1.54) is 0 Å². The molecule has 0 aliphatic carbocycles. The van der Waals surface area contributed by atoms with E-state index in [2.05, 4.69) is 20.3 Å². The number of hydrogen-bond acceptors (Lipinski definition) is 4. The van der Waals surface area contributed by atoms with E-state index < -0.39 is 10.0 Å². The van der Waals surface area contributed by atoms with Crippen LogP contribution in [0.2, 0.25) is 0 Å². The van der Waals surface area contributed by atoms with E-state index in [-0.39, 0.29) is 0 Å². The predicted octanol–water partition coefficient (Wildman–Crippen LogP) is 0.274. The van der Waals surface area contributed by atoms with Crippen LogP contribution >= 0.6 is 0 Å². The van der Waals surface area contributed by atoms with Gasteiger partial charge in [0.05, 0.1) is 12.5 Å². The second-order valence-electron chi connectivity index (χ2n) is 4.22. The average Bonchev–Trinajstić information content (AvgIpc) is 2.87. The van der Waals surface area contributed by atoms with Crippen molar-refractivity contribution in [2.45, 2.75) is 19.9 Å². The highest BCUT2D eigenvalue weighted by Gasteiger charge is 2.01. The lowest BCUT2D eigenvalue weighted by Gasteiger charge is -2.10. The van der Waals surface area contributed by atoms with Crippen molar-refractivity contribution in [1.82, 2.24) is 15.4 Å². The minimum atomic E-state index is -3.11. The maximum atomic E-state index is 10.9. The van der Waals surface area contributed by atoms with Crippen molar-refractivity contribution in [2.24, 2.45) is 4.99 Å². The summed E-state index contributed by atoms with van der Waals surface area (Å²) in [6.45, 7) is 4.24. The predicted molar refractivity (Wildman–Crippen MR) is 79.0 cm³/mol. The fourth-order valence-corrected chi connectivity index (χ4v) is 1.97. The normalized spacial score (nSPS) is 12.4. The van der Waals surface area contributed by atoms with Crippen LogP contribution < -0.4 is 15.4 Å². The van der Waals surface area contributed by atoms with Gasteiger partial charge in [-0.15, -0.1) is 0 Å². The van der Waals surface area contributed by atoms with Gasteiger partial charge in [0.15, 0.2) is 5.96 Å². The minimum absolute atomic E-state index is 0.406. The molecule has 20 heavy (non-hydrogen) atoms. The Balaban J connectivity index is 2.30. The summed E-state index contributed by atoms with van der Waals surface area (Å²) < 4.78 is 29.4. The van der Waals surface area contributed by atoms with Crippen molar-refractivity contribution in [3.63, 3.8) is 0 Å². The first kappa shape index (κ1) is 16.5. The maximum absolute atomic E-state index is 10.9. The Morgan fingerprint density at radius 2 is 2.15 bits per heavy atom. The number of nitrogens with zero attached hydrogens (tertiary/aromatic N) is 1. The third kappa shape index (κ3) is 7.80. The molecule has 0 radical (unpaired) electrons. The minimum Gasteiger partial charge on any atom is -0.467 e. The molecule has 0 saturated heterocycles. The van der Waals surface area contributed by atoms with Gasteiger partial charge < -0.3 is 15.1 Å². The fraction of sp³-hybridized carbons (Fsp3) is 0.583. The van der Waals surface area contributed by atoms with Crippen LogP contribution in [-0.2, 0) is 16.6 Å². The number of hydrogen-bond donors (Lipinski definition) is 3. The summed E-state index contributed by atoms with van der Waals surface area (Å²) in [6.07, 6.45) is 3.44. The summed E-state index contributed by atoms with van der Waals surface area (Å²) in [5, 5.41) is 6.24. The molecule has 3 N–H and O–H groups in total. The van der Waals surface area contributed by atoms with Gasteiger partial charge >= 0.3 is 0 Å². The molecule has 7 nitrogen and oxygen atoms in total. The summed E-state index contributed by atoms with van der Waals surface area (Å²) in [5.41, 5.74) is 0.